The third-order valence-corrected chi connectivity index (χ3v) is 4.32. The Hall–Kier alpha value is -2.37. The predicted molar refractivity (Wildman–Crippen MR) is 92.9 cm³/mol. The summed E-state index contributed by atoms with van der Waals surface area (Å²) >= 11 is 11.9. The molecule has 122 valence electrons. The highest BCUT2D eigenvalue weighted by molar-refractivity contribution is 6.42. The van der Waals surface area contributed by atoms with Crippen LogP contribution in [0.2, 0.25) is 10.0 Å². The van der Waals surface area contributed by atoms with E-state index in [1.54, 1.807) is 42.5 Å². The zero-order valence-electron chi connectivity index (χ0n) is 12.4. The number of fused-ring (bicyclic) bond motifs is 1. The number of hydrogen-bond acceptors (Lipinski definition) is 3. The Balaban J connectivity index is 2.13. The van der Waals surface area contributed by atoms with Gasteiger partial charge in [-0.25, -0.2) is 4.68 Å². The summed E-state index contributed by atoms with van der Waals surface area (Å²) in [7, 11) is 0. The number of aromatic nitrogens is 2. The molecule has 2 aromatic carbocycles. The number of halogens is 2. The van der Waals surface area contributed by atoms with Crippen molar-refractivity contribution < 1.29 is 9.90 Å². The van der Waals surface area contributed by atoms with Gasteiger partial charge in [-0.2, -0.15) is 5.10 Å². The molecule has 1 N–H and O–H groups in total. The lowest BCUT2D eigenvalue weighted by atomic mass is 10.1. The quantitative estimate of drug-likeness (QED) is 0.771. The molecule has 0 spiro atoms. The Labute approximate surface area is 147 Å². The van der Waals surface area contributed by atoms with Crippen LogP contribution in [0.1, 0.15) is 11.3 Å². The SMILES string of the molecule is O=C(O)Cc1nn(Cc2ccc(Cl)c(Cl)c2)c(=O)c2ccccc12. The van der Waals surface area contributed by atoms with Gasteiger partial charge in [0.1, 0.15) is 0 Å². The van der Waals surface area contributed by atoms with Crippen LogP contribution in [-0.2, 0) is 17.8 Å². The van der Waals surface area contributed by atoms with E-state index >= 15 is 0 Å². The summed E-state index contributed by atoms with van der Waals surface area (Å²) in [6, 6.07) is 11.9. The molecule has 1 aromatic heterocycles. The first kappa shape index (κ1) is 16.5. The van der Waals surface area contributed by atoms with Crippen LogP contribution in [0.15, 0.2) is 47.3 Å². The third kappa shape index (κ3) is 3.27. The summed E-state index contributed by atoms with van der Waals surface area (Å²) in [5.74, 6) is -1.01. The van der Waals surface area contributed by atoms with Gasteiger partial charge in [-0.15, -0.1) is 0 Å². The number of rotatable bonds is 4. The van der Waals surface area contributed by atoms with Gasteiger partial charge in [0.15, 0.2) is 0 Å². The van der Waals surface area contributed by atoms with Gasteiger partial charge in [-0.1, -0.05) is 47.5 Å². The fourth-order valence-corrected chi connectivity index (χ4v) is 2.82. The average molecular weight is 363 g/mol. The van der Waals surface area contributed by atoms with Crippen molar-refractivity contribution in [3.63, 3.8) is 0 Å². The number of nitrogens with zero attached hydrogens (tertiary/aromatic N) is 2. The minimum absolute atomic E-state index is 0.174. The van der Waals surface area contributed by atoms with Gasteiger partial charge in [0, 0.05) is 5.39 Å². The van der Waals surface area contributed by atoms with Crippen molar-refractivity contribution in [2.24, 2.45) is 0 Å². The molecule has 0 amide bonds. The monoisotopic (exact) mass is 362 g/mol. The smallest absolute Gasteiger partial charge is 0.309 e. The molecule has 0 bridgehead atoms. The molecule has 0 saturated heterocycles. The molecule has 0 fully saturated rings. The fraction of sp³-hybridized carbons (Fsp3) is 0.118. The predicted octanol–water partition coefficient (Wildman–Crippen LogP) is 3.38. The summed E-state index contributed by atoms with van der Waals surface area (Å²) in [6.07, 6.45) is -0.262. The van der Waals surface area contributed by atoms with Gasteiger partial charge >= 0.3 is 5.97 Å². The molecule has 3 aromatic rings. The van der Waals surface area contributed by atoms with Crippen molar-refractivity contribution in [1.29, 1.82) is 0 Å². The van der Waals surface area contributed by atoms with E-state index in [4.69, 9.17) is 28.3 Å². The van der Waals surface area contributed by atoms with Crippen molar-refractivity contribution in [2.45, 2.75) is 13.0 Å². The maximum atomic E-state index is 12.6. The van der Waals surface area contributed by atoms with Crippen LogP contribution in [0.5, 0.6) is 0 Å². The van der Waals surface area contributed by atoms with Crippen LogP contribution in [0.3, 0.4) is 0 Å². The van der Waals surface area contributed by atoms with Crippen molar-refractivity contribution in [2.75, 3.05) is 0 Å². The molecule has 0 saturated carbocycles. The molecule has 5 nitrogen and oxygen atoms in total. The molecule has 0 radical (unpaired) electrons. The van der Waals surface area contributed by atoms with Gasteiger partial charge in [0.2, 0.25) is 0 Å². The highest BCUT2D eigenvalue weighted by Crippen LogP contribution is 2.23. The van der Waals surface area contributed by atoms with Gasteiger partial charge < -0.3 is 5.11 Å². The Morgan fingerprint density at radius 1 is 1.08 bits per heavy atom. The van der Waals surface area contributed by atoms with E-state index in [2.05, 4.69) is 5.10 Å². The van der Waals surface area contributed by atoms with Crippen molar-refractivity contribution >= 4 is 39.9 Å². The Morgan fingerprint density at radius 3 is 2.46 bits per heavy atom. The van der Waals surface area contributed by atoms with Crippen LogP contribution in [-0.4, -0.2) is 20.9 Å². The molecule has 1 heterocycles. The van der Waals surface area contributed by atoms with E-state index in [1.807, 2.05) is 0 Å². The van der Waals surface area contributed by atoms with E-state index in [-0.39, 0.29) is 18.5 Å². The van der Waals surface area contributed by atoms with Gasteiger partial charge in [0.05, 0.1) is 34.1 Å². The minimum Gasteiger partial charge on any atom is -0.481 e. The van der Waals surface area contributed by atoms with E-state index in [9.17, 15) is 9.59 Å². The lowest BCUT2D eigenvalue weighted by Crippen LogP contribution is -2.26. The summed E-state index contributed by atoms with van der Waals surface area (Å²) in [5, 5.41) is 15.1. The van der Waals surface area contributed by atoms with E-state index in [1.165, 1.54) is 4.68 Å². The van der Waals surface area contributed by atoms with E-state index in [0.717, 1.165) is 5.56 Å². The normalized spacial score (nSPS) is 10.9. The molecule has 0 atom stereocenters. The molecule has 0 unspecified atom stereocenters. The van der Waals surface area contributed by atoms with Crippen LogP contribution in [0.25, 0.3) is 10.8 Å². The molecule has 0 aliphatic heterocycles. The summed E-state index contributed by atoms with van der Waals surface area (Å²) < 4.78 is 1.25. The maximum Gasteiger partial charge on any atom is 0.309 e. The number of aliphatic carboxylic acids is 1. The molecule has 7 heteroatoms. The second kappa shape index (κ2) is 6.63. The average Bonchev–Trinajstić information content (AvgIpc) is 2.55. The molecule has 0 aliphatic rings. The van der Waals surface area contributed by atoms with Crippen molar-refractivity contribution in [3.8, 4) is 0 Å². The molecular formula is C17H12Cl2N2O3. The largest absolute Gasteiger partial charge is 0.481 e. The lowest BCUT2D eigenvalue weighted by Gasteiger charge is -2.10. The topological polar surface area (TPSA) is 72.2 Å². The van der Waals surface area contributed by atoms with Gasteiger partial charge in [-0.05, 0) is 23.8 Å². The fourth-order valence-electron chi connectivity index (χ4n) is 2.50. The number of carbonyl (C=O) groups is 1. The summed E-state index contributed by atoms with van der Waals surface area (Å²) in [4.78, 5) is 23.7. The number of hydrogen-bond donors (Lipinski definition) is 1. The van der Waals surface area contributed by atoms with Crippen LogP contribution in [0, 0.1) is 0 Å². The zero-order chi connectivity index (χ0) is 17.3. The van der Waals surface area contributed by atoms with Crippen molar-refractivity contribution in [1.82, 2.24) is 9.78 Å². The number of carboxylic acid groups (broad SMARTS) is 1. The van der Waals surface area contributed by atoms with E-state index in [0.29, 0.717) is 26.5 Å². The van der Waals surface area contributed by atoms with Crippen LogP contribution < -0.4 is 5.56 Å². The molecule has 3 rings (SSSR count). The Bertz CT molecular complexity index is 999. The third-order valence-electron chi connectivity index (χ3n) is 3.58. The van der Waals surface area contributed by atoms with Crippen molar-refractivity contribution in [3.05, 3.63) is 74.1 Å². The first-order valence-electron chi connectivity index (χ1n) is 7.10. The standard InChI is InChI=1S/C17H12Cl2N2O3/c18-13-6-5-10(7-14(13)19)9-21-17(24)12-4-2-1-3-11(12)15(20-21)8-16(22)23/h1-7H,8-9H2,(H,22,23). The zero-order valence-corrected chi connectivity index (χ0v) is 13.9. The molecule has 0 aliphatic carbocycles. The first-order chi connectivity index (χ1) is 11.5. The highest BCUT2D eigenvalue weighted by atomic mass is 35.5. The molecule has 24 heavy (non-hydrogen) atoms. The lowest BCUT2D eigenvalue weighted by molar-refractivity contribution is -0.136. The van der Waals surface area contributed by atoms with Gasteiger partial charge in [0.25, 0.3) is 5.56 Å². The maximum absolute atomic E-state index is 12.6. The minimum atomic E-state index is -1.01. The van der Waals surface area contributed by atoms with Gasteiger partial charge in [-0.3, -0.25) is 9.59 Å². The summed E-state index contributed by atoms with van der Waals surface area (Å²) in [5.41, 5.74) is 0.805. The first-order valence-corrected chi connectivity index (χ1v) is 7.86. The second-order valence-corrected chi connectivity index (χ2v) is 6.09. The number of benzene rings is 2. The Morgan fingerprint density at radius 2 is 1.79 bits per heavy atom. The summed E-state index contributed by atoms with van der Waals surface area (Å²) in [6.45, 7) is 0.174. The number of carboxylic acids is 1. The highest BCUT2D eigenvalue weighted by Gasteiger charge is 2.13. The van der Waals surface area contributed by atoms with E-state index < -0.39 is 5.97 Å². The van der Waals surface area contributed by atoms with Crippen LogP contribution >= 0.6 is 23.2 Å². The Kier molecular flexibility index (Phi) is 4.55. The molecular weight excluding hydrogens is 351 g/mol. The van der Waals surface area contributed by atoms with Crippen LogP contribution in [0.4, 0.5) is 0 Å². The second-order valence-electron chi connectivity index (χ2n) is 5.27.